The Hall–Kier alpha value is -0.940. The second-order valence-corrected chi connectivity index (χ2v) is 5.90. The van der Waals surface area contributed by atoms with E-state index >= 15 is 0 Å². The quantitative estimate of drug-likeness (QED) is 0.827. The van der Waals surface area contributed by atoms with E-state index in [0.717, 1.165) is 44.7 Å². The Morgan fingerprint density at radius 1 is 1.53 bits per heavy atom. The van der Waals surface area contributed by atoms with Crippen LogP contribution in [0.1, 0.15) is 57.2 Å². The Labute approximate surface area is 114 Å². The van der Waals surface area contributed by atoms with Crippen LogP contribution in [0.3, 0.4) is 0 Å². The number of rotatable bonds is 5. The number of aromatic nitrogens is 3. The summed E-state index contributed by atoms with van der Waals surface area (Å²) in [7, 11) is 0. The third-order valence-electron chi connectivity index (χ3n) is 4.40. The fraction of sp³-hybridized carbons (Fsp3) is 0.857. The van der Waals surface area contributed by atoms with Crippen LogP contribution in [-0.4, -0.2) is 33.7 Å². The van der Waals surface area contributed by atoms with Crippen LogP contribution in [0.25, 0.3) is 0 Å². The van der Waals surface area contributed by atoms with Gasteiger partial charge in [-0.2, -0.15) is 0 Å². The van der Waals surface area contributed by atoms with Gasteiger partial charge in [-0.3, -0.25) is 0 Å². The lowest BCUT2D eigenvalue weighted by Gasteiger charge is -2.47. The van der Waals surface area contributed by atoms with E-state index in [1.165, 1.54) is 19.3 Å². The molecule has 1 saturated carbocycles. The molecule has 2 fully saturated rings. The predicted molar refractivity (Wildman–Crippen MR) is 72.8 cm³/mol. The summed E-state index contributed by atoms with van der Waals surface area (Å²) in [5, 5.41) is 11.9. The van der Waals surface area contributed by atoms with Crippen LogP contribution >= 0.6 is 0 Å². The molecular weight excluding hydrogens is 240 g/mol. The second-order valence-electron chi connectivity index (χ2n) is 5.90. The maximum Gasteiger partial charge on any atom is 0.0964 e. The number of nitrogens with zero attached hydrogens (tertiary/aromatic N) is 3. The first-order chi connectivity index (χ1) is 9.31. The summed E-state index contributed by atoms with van der Waals surface area (Å²) in [5.74, 6) is 0. The molecule has 2 heterocycles. The summed E-state index contributed by atoms with van der Waals surface area (Å²) in [6.45, 7) is 4.90. The van der Waals surface area contributed by atoms with Gasteiger partial charge in [-0.1, -0.05) is 12.1 Å². The molecule has 1 unspecified atom stereocenters. The van der Waals surface area contributed by atoms with Crippen LogP contribution in [0.2, 0.25) is 0 Å². The van der Waals surface area contributed by atoms with Crippen LogP contribution < -0.4 is 5.32 Å². The molecule has 1 N–H and O–H groups in total. The van der Waals surface area contributed by atoms with Gasteiger partial charge < -0.3 is 10.1 Å². The molecule has 5 heteroatoms. The summed E-state index contributed by atoms with van der Waals surface area (Å²) in [4.78, 5) is 0. The largest absolute Gasteiger partial charge is 0.375 e. The van der Waals surface area contributed by atoms with Gasteiger partial charge in [-0.05, 0) is 45.1 Å². The van der Waals surface area contributed by atoms with Gasteiger partial charge in [0.2, 0.25) is 0 Å². The lowest BCUT2D eigenvalue weighted by Crippen LogP contribution is -2.46. The minimum absolute atomic E-state index is 0.176. The van der Waals surface area contributed by atoms with E-state index in [4.69, 9.17) is 4.74 Å². The molecule has 5 nitrogen and oxygen atoms in total. The molecule has 0 amide bonds. The lowest BCUT2D eigenvalue weighted by molar-refractivity contribution is -0.141. The van der Waals surface area contributed by atoms with Gasteiger partial charge in [0.25, 0.3) is 0 Å². The van der Waals surface area contributed by atoms with Crippen molar-refractivity contribution in [2.75, 3.05) is 13.2 Å². The number of hydrogen-bond donors (Lipinski definition) is 1. The van der Waals surface area contributed by atoms with Gasteiger partial charge >= 0.3 is 0 Å². The molecule has 2 aliphatic rings. The van der Waals surface area contributed by atoms with Crippen molar-refractivity contribution in [3.05, 3.63) is 11.9 Å². The summed E-state index contributed by atoms with van der Waals surface area (Å²) >= 11 is 0. The highest BCUT2D eigenvalue weighted by Crippen LogP contribution is 2.45. The van der Waals surface area contributed by atoms with Crippen LogP contribution in [0.15, 0.2) is 6.20 Å². The maximum absolute atomic E-state index is 5.97. The summed E-state index contributed by atoms with van der Waals surface area (Å²) in [5.41, 5.74) is 1.22. The first-order valence-electron chi connectivity index (χ1n) is 7.57. The fourth-order valence-electron chi connectivity index (χ4n) is 3.11. The van der Waals surface area contributed by atoms with E-state index in [1.54, 1.807) is 0 Å². The number of nitrogens with one attached hydrogen (secondary N) is 1. The average molecular weight is 264 g/mol. The average Bonchev–Trinajstić information content (AvgIpc) is 2.86. The molecule has 3 rings (SSSR count). The molecule has 1 aliphatic carbocycles. The topological polar surface area (TPSA) is 52.0 Å². The van der Waals surface area contributed by atoms with E-state index < -0.39 is 0 Å². The zero-order valence-corrected chi connectivity index (χ0v) is 11.8. The normalized spacial score (nSPS) is 25.4. The standard InChI is InChI=1S/C14H24N4O/c1-2-7-15-10-12-11-18(17-16-12)13-4-8-19-14(9-13)5-3-6-14/h11,13,15H,2-10H2,1H3. The van der Waals surface area contributed by atoms with Gasteiger partial charge in [0.05, 0.1) is 23.5 Å². The molecule has 1 spiro atoms. The first kappa shape index (κ1) is 13.1. The van der Waals surface area contributed by atoms with E-state index in [-0.39, 0.29) is 5.60 Å². The van der Waals surface area contributed by atoms with Gasteiger partial charge in [0, 0.05) is 13.2 Å². The van der Waals surface area contributed by atoms with Crippen molar-refractivity contribution >= 4 is 0 Å². The van der Waals surface area contributed by atoms with Crippen LogP contribution in [0.4, 0.5) is 0 Å². The Morgan fingerprint density at radius 2 is 2.42 bits per heavy atom. The molecule has 0 bridgehead atoms. The van der Waals surface area contributed by atoms with Crippen LogP contribution in [0, 0.1) is 0 Å². The third-order valence-corrected chi connectivity index (χ3v) is 4.40. The molecule has 19 heavy (non-hydrogen) atoms. The van der Waals surface area contributed by atoms with Gasteiger partial charge in [-0.15, -0.1) is 5.10 Å². The highest BCUT2D eigenvalue weighted by atomic mass is 16.5. The second kappa shape index (κ2) is 5.59. The van der Waals surface area contributed by atoms with Crippen molar-refractivity contribution in [2.45, 2.75) is 63.6 Å². The summed E-state index contributed by atoms with van der Waals surface area (Å²) in [6, 6.07) is 0.474. The Bertz CT molecular complexity index is 413. The Morgan fingerprint density at radius 3 is 3.16 bits per heavy atom. The van der Waals surface area contributed by atoms with Crippen LogP contribution in [0.5, 0.6) is 0 Å². The molecule has 0 radical (unpaired) electrons. The maximum atomic E-state index is 5.97. The molecule has 0 aromatic carbocycles. The van der Waals surface area contributed by atoms with Gasteiger partial charge in [-0.25, -0.2) is 4.68 Å². The molecule has 1 saturated heterocycles. The first-order valence-corrected chi connectivity index (χ1v) is 7.57. The monoisotopic (exact) mass is 264 g/mol. The van der Waals surface area contributed by atoms with E-state index in [9.17, 15) is 0 Å². The molecular formula is C14H24N4O. The minimum Gasteiger partial charge on any atom is -0.375 e. The van der Waals surface area contributed by atoms with E-state index in [2.05, 4.69) is 33.4 Å². The zero-order valence-electron chi connectivity index (χ0n) is 11.8. The molecule has 106 valence electrons. The van der Waals surface area contributed by atoms with Crippen molar-refractivity contribution in [1.82, 2.24) is 20.3 Å². The number of ether oxygens (including phenoxy) is 1. The fourth-order valence-corrected chi connectivity index (χ4v) is 3.11. The van der Waals surface area contributed by atoms with Gasteiger partial charge in [0.1, 0.15) is 0 Å². The van der Waals surface area contributed by atoms with E-state index in [0.29, 0.717) is 6.04 Å². The van der Waals surface area contributed by atoms with Crippen molar-refractivity contribution in [3.63, 3.8) is 0 Å². The lowest BCUT2D eigenvalue weighted by atomic mass is 9.74. The SMILES string of the molecule is CCCNCc1cn(C2CCOC3(CCC3)C2)nn1. The van der Waals surface area contributed by atoms with E-state index in [1.807, 2.05) is 0 Å². The van der Waals surface area contributed by atoms with Crippen molar-refractivity contribution in [3.8, 4) is 0 Å². The minimum atomic E-state index is 0.176. The summed E-state index contributed by atoms with van der Waals surface area (Å²) in [6.07, 6.45) is 9.19. The smallest absolute Gasteiger partial charge is 0.0964 e. The molecule has 1 aliphatic heterocycles. The number of hydrogen-bond acceptors (Lipinski definition) is 4. The molecule has 1 aromatic heterocycles. The van der Waals surface area contributed by atoms with Crippen molar-refractivity contribution in [2.24, 2.45) is 0 Å². The molecule has 1 aromatic rings. The molecule has 1 atom stereocenters. The Balaban J connectivity index is 1.59. The van der Waals surface area contributed by atoms with Crippen molar-refractivity contribution < 1.29 is 4.74 Å². The highest BCUT2D eigenvalue weighted by molar-refractivity contribution is 4.98. The van der Waals surface area contributed by atoms with Crippen LogP contribution in [-0.2, 0) is 11.3 Å². The highest BCUT2D eigenvalue weighted by Gasteiger charge is 2.43. The third kappa shape index (κ3) is 2.82. The van der Waals surface area contributed by atoms with Crippen molar-refractivity contribution in [1.29, 1.82) is 0 Å². The summed E-state index contributed by atoms with van der Waals surface area (Å²) < 4.78 is 8.03. The zero-order chi connectivity index (χ0) is 13.1. The Kier molecular flexibility index (Phi) is 3.84. The van der Waals surface area contributed by atoms with Gasteiger partial charge in [0.15, 0.2) is 0 Å². The predicted octanol–water partition coefficient (Wildman–Crippen LogP) is 2.05.